The highest BCUT2D eigenvalue weighted by atomic mass is 79.9. The fourth-order valence-electron chi connectivity index (χ4n) is 0.938. The first kappa shape index (κ1) is 12.9. The molecule has 0 aromatic heterocycles. The van der Waals surface area contributed by atoms with Crippen LogP contribution in [0.15, 0.2) is 16.6 Å². The van der Waals surface area contributed by atoms with Gasteiger partial charge in [-0.2, -0.15) is 0 Å². The lowest BCUT2D eigenvalue weighted by Crippen LogP contribution is -2.17. The van der Waals surface area contributed by atoms with E-state index in [9.17, 15) is 13.6 Å². The largest absolute Gasteiger partial charge is 0.447 e. The Morgan fingerprint density at radius 3 is 2.75 bits per heavy atom. The molecule has 0 unspecified atom stereocenters. The first-order valence-corrected chi connectivity index (χ1v) is 5.03. The zero-order chi connectivity index (χ0) is 12.1. The number of nitrogens with one attached hydrogen (secondary N) is 1. The number of anilines is 1. The molecule has 1 rings (SSSR count). The van der Waals surface area contributed by atoms with E-state index < -0.39 is 17.7 Å². The van der Waals surface area contributed by atoms with E-state index in [1.807, 2.05) is 0 Å². The summed E-state index contributed by atoms with van der Waals surface area (Å²) in [5.74, 6) is -1.69. The molecule has 0 atom stereocenters. The summed E-state index contributed by atoms with van der Waals surface area (Å²) in [4.78, 5) is 11.0. The first-order valence-electron chi connectivity index (χ1n) is 4.23. The van der Waals surface area contributed by atoms with Crippen molar-refractivity contribution in [3.8, 4) is 0 Å². The van der Waals surface area contributed by atoms with Gasteiger partial charge >= 0.3 is 6.09 Å². The molecule has 1 aromatic carbocycles. The summed E-state index contributed by atoms with van der Waals surface area (Å²) in [5.41, 5.74) is -0.218. The standard InChI is InChI=1S/C9H8BrF2NO3/c10-6-3-5(11)4-7(12)8(6)13-9(15)16-2-1-14/h3-4,14H,1-2H2,(H,13,15). The molecule has 0 spiro atoms. The Labute approximate surface area is 98.3 Å². The molecule has 2 N–H and O–H groups in total. The number of rotatable bonds is 3. The number of amides is 1. The van der Waals surface area contributed by atoms with Crippen LogP contribution in [0, 0.1) is 11.6 Å². The van der Waals surface area contributed by atoms with E-state index in [-0.39, 0.29) is 23.4 Å². The fraction of sp³-hybridized carbons (Fsp3) is 0.222. The molecule has 16 heavy (non-hydrogen) atoms. The number of carbonyl (C=O) groups excluding carboxylic acids is 1. The van der Waals surface area contributed by atoms with Crippen LogP contribution in [0.3, 0.4) is 0 Å². The Kier molecular flexibility index (Phi) is 4.63. The lowest BCUT2D eigenvalue weighted by atomic mass is 10.3. The summed E-state index contributed by atoms with van der Waals surface area (Å²) in [5, 5.41) is 10.5. The Hall–Kier alpha value is -1.21. The third kappa shape index (κ3) is 3.42. The van der Waals surface area contributed by atoms with Gasteiger partial charge in [0.1, 0.15) is 12.4 Å². The van der Waals surface area contributed by atoms with E-state index in [2.05, 4.69) is 26.0 Å². The van der Waals surface area contributed by atoms with Gasteiger partial charge in [0.15, 0.2) is 5.82 Å². The van der Waals surface area contributed by atoms with E-state index in [1.54, 1.807) is 0 Å². The van der Waals surface area contributed by atoms with Gasteiger partial charge in [-0.15, -0.1) is 0 Å². The predicted molar refractivity (Wildman–Crippen MR) is 56.1 cm³/mol. The maximum Gasteiger partial charge on any atom is 0.411 e. The van der Waals surface area contributed by atoms with Crippen molar-refractivity contribution in [2.75, 3.05) is 18.5 Å². The Balaban J connectivity index is 2.77. The maximum atomic E-state index is 13.2. The predicted octanol–water partition coefficient (Wildman–Crippen LogP) is 2.27. The molecule has 0 saturated heterocycles. The van der Waals surface area contributed by atoms with Gasteiger partial charge in [-0.25, -0.2) is 13.6 Å². The second-order valence-electron chi connectivity index (χ2n) is 2.73. The summed E-state index contributed by atoms with van der Waals surface area (Å²) in [6.45, 7) is -0.535. The van der Waals surface area contributed by atoms with Crippen LogP contribution in [0.1, 0.15) is 0 Å². The van der Waals surface area contributed by atoms with Crippen LogP contribution in [0.4, 0.5) is 19.3 Å². The van der Waals surface area contributed by atoms with Crippen molar-refractivity contribution in [2.24, 2.45) is 0 Å². The van der Waals surface area contributed by atoms with Crippen molar-refractivity contribution in [1.82, 2.24) is 0 Å². The third-order valence-corrected chi connectivity index (χ3v) is 2.18. The molecule has 0 radical (unpaired) electrons. The van der Waals surface area contributed by atoms with Crippen LogP contribution in [0.2, 0.25) is 0 Å². The van der Waals surface area contributed by atoms with Gasteiger partial charge in [-0.05, 0) is 22.0 Å². The molecule has 1 aromatic rings. The van der Waals surface area contributed by atoms with Gasteiger partial charge in [0, 0.05) is 10.5 Å². The number of ether oxygens (including phenoxy) is 1. The van der Waals surface area contributed by atoms with Gasteiger partial charge in [0.2, 0.25) is 0 Å². The molecule has 88 valence electrons. The van der Waals surface area contributed by atoms with E-state index >= 15 is 0 Å². The molecule has 0 fully saturated rings. The third-order valence-electron chi connectivity index (χ3n) is 1.56. The average molecular weight is 296 g/mol. The SMILES string of the molecule is O=C(Nc1c(F)cc(F)cc1Br)OCCO. The molecule has 7 heteroatoms. The average Bonchev–Trinajstić information content (AvgIpc) is 2.20. The van der Waals surface area contributed by atoms with E-state index in [0.29, 0.717) is 6.07 Å². The number of hydrogen-bond acceptors (Lipinski definition) is 3. The highest BCUT2D eigenvalue weighted by Gasteiger charge is 2.13. The summed E-state index contributed by atoms with van der Waals surface area (Å²) in [6, 6.07) is 1.64. The lowest BCUT2D eigenvalue weighted by Gasteiger charge is -2.08. The molecular weight excluding hydrogens is 288 g/mol. The number of halogens is 3. The molecule has 0 aliphatic carbocycles. The van der Waals surface area contributed by atoms with E-state index in [4.69, 9.17) is 5.11 Å². The molecule has 4 nitrogen and oxygen atoms in total. The smallest absolute Gasteiger partial charge is 0.411 e. The van der Waals surface area contributed by atoms with Gasteiger partial charge in [-0.3, -0.25) is 5.32 Å². The minimum Gasteiger partial charge on any atom is -0.447 e. The number of benzene rings is 1. The van der Waals surface area contributed by atoms with Crippen LogP contribution >= 0.6 is 15.9 Å². The normalized spacial score (nSPS) is 10.0. The van der Waals surface area contributed by atoms with Crippen molar-refractivity contribution in [2.45, 2.75) is 0 Å². The molecule has 0 heterocycles. The van der Waals surface area contributed by atoms with Gasteiger partial charge < -0.3 is 9.84 Å². The van der Waals surface area contributed by atoms with Gasteiger partial charge in [0.05, 0.1) is 12.3 Å². The zero-order valence-corrected chi connectivity index (χ0v) is 9.55. The summed E-state index contributed by atoms with van der Waals surface area (Å²) >= 11 is 2.89. The lowest BCUT2D eigenvalue weighted by molar-refractivity contribution is 0.131. The molecule has 0 aliphatic rings. The molecule has 0 aliphatic heterocycles. The Morgan fingerprint density at radius 1 is 1.50 bits per heavy atom. The van der Waals surface area contributed by atoms with Crippen molar-refractivity contribution in [3.63, 3.8) is 0 Å². The topological polar surface area (TPSA) is 58.6 Å². The van der Waals surface area contributed by atoms with Gasteiger partial charge in [0.25, 0.3) is 0 Å². The molecule has 0 saturated carbocycles. The van der Waals surface area contributed by atoms with Crippen molar-refractivity contribution < 1.29 is 23.4 Å². The van der Waals surface area contributed by atoms with Gasteiger partial charge in [-0.1, -0.05) is 0 Å². The number of hydrogen-bond donors (Lipinski definition) is 2. The van der Waals surface area contributed by atoms with Crippen LogP contribution < -0.4 is 5.32 Å². The molecule has 1 amide bonds. The van der Waals surface area contributed by atoms with Crippen molar-refractivity contribution >= 4 is 27.7 Å². The summed E-state index contributed by atoms with van der Waals surface area (Å²) in [7, 11) is 0. The Bertz CT molecular complexity index is 377. The minimum absolute atomic E-state index is 0.0611. The van der Waals surface area contributed by atoms with Crippen LogP contribution in [-0.4, -0.2) is 24.4 Å². The second kappa shape index (κ2) is 5.76. The molecule has 0 bridgehead atoms. The highest BCUT2D eigenvalue weighted by Crippen LogP contribution is 2.26. The van der Waals surface area contributed by atoms with Crippen LogP contribution in [0.25, 0.3) is 0 Å². The van der Waals surface area contributed by atoms with Crippen molar-refractivity contribution in [1.29, 1.82) is 0 Å². The maximum absolute atomic E-state index is 13.2. The minimum atomic E-state index is -0.930. The number of carbonyl (C=O) groups is 1. The summed E-state index contributed by atoms with van der Waals surface area (Å²) in [6.07, 6.45) is -0.930. The summed E-state index contributed by atoms with van der Waals surface area (Å²) < 4.78 is 30.4. The fourth-order valence-corrected chi connectivity index (χ4v) is 1.45. The van der Waals surface area contributed by atoms with Crippen LogP contribution in [-0.2, 0) is 4.74 Å². The monoisotopic (exact) mass is 295 g/mol. The van der Waals surface area contributed by atoms with E-state index in [0.717, 1.165) is 6.07 Å². The Morgan fingerprint density at radius 2 is 2.19 bits per heavy atom. The van der Waals surface area contributed by atoms with Crippen molar-refractivity contribution in [3.05, 3.63) is 28.2 Å². The quantitative estimate of drug-likeness (QED) is 0.899. The first-order chi connectivity index (χ1) is 7.54. The van der Waals surface area contributed by atoms with Crippen LogP contribution in [0.5, 0.6) is 0 Å². The number of aliphatic hydroxyl groups excluding tert-OH is 1. The number of aliphatic hydroxyl groups is 1. The van der Waals surface area contributed by atoms with E-state index in [1.165, 1.54) is 0 Å². The zero-order valence-electron chi connectivity index (χ0n) is 7.97. The molecular formula is C9H8BrF2NO3. The highest BCUT2D eigenvalue weighted by molar-refractivity contribution is 9.10. The second-order valence-corrected chi connectivity index (χ2v) is 3.58.